The first kappa shape index (κ1) is 15.6. The summed E-state index contributed by atoms with van der Waals surface area (Å²) in [5.41, 5.74) is 1.01. The van der Waals surface area contributed by atoms with Crippen molar-refractivity contribution < 1.29 is 14.7 Å². The summed E-state index contributed by atoms with van der Waals surface area (Å²) in [7, 11) is 0. The predicted molar refractivity (Wildman–Crippen MR) is 77.7 cm³/mol. The van der Waals surface area contributed by atoms with Gasteiger partial charge in [0.2, 0.25) is 0 Å². The molecule has 4 nitrogen and oxygen atoms in total. The Hall–Kier alpha value is -1.49. The lowest BCUT2D eigenvalue weighted by atomic mass is 10.0. The van der Waals surface area contributed by atoms with Crippen LogP contribution in [0.15, 0.2) is 24.3 Å². The van der Waals surface area contributed by atoms with Crippen LogP contribution in [0.3, 0.4) is 0 Å². The van der Waals surface area contributed by atoms with Crippen LogP contribution >= 0.6 is 11.8 Å². The number of rotatable bonds is 8. The zero-order valence-corrected chi connectivity index (χ0v) is 11.8. The van der Waals surface area contributed by atoms with Gasteiger partial charge in [-0.05, 0) is 36.5 Å². The number of nitrogens with one attached hydrogen (secondary N) is 1. The molecule has 19 heavy (non-hydrogen) atoms. The van der Waals surface area contributed by atoms with E-state index in [1.54, 1.807) is 36.0 Å². The highest BCUT2D eigenvalue weighted by Gasteiger charge is 2.12. The molecule has 0 aliphatic carbocycles. The maximum atomic E-state index is 12.0. The second-order valence-electron chi connectivity index (χ2n) is 4.18. The van der Waals surface area contributed by atoms with E-state index in [0.717, 1.165) is 18.6 Å². The van der Waals surface area contributed by atoms with Crippen molar-refractivity contribution in [3.63, 3.8) is 0 Å². The van der Waals surface area contributed by atoms with Crippen molar-refractivity contribution in [1.29, 1.82) is 0 Å². The van der Waals surface area contributed by atoms with Gasteiger partial charge < -0.3 is 10.4 Å². The molecule has 0 radical (unpaired) electrons. The highest BCUT2D eigenvalue weighted by atomic mass is 32.2. The van der Waals surface area contributed by atoms with Crippen molar-refractivity contribution in [2.45, 2.75) is 19.3 Å². The minimum absolute atomic E-state index is 0.129. The van der Waals surface area contributed by atoms with Crippen LogP contribution in [-0.2, 0) is 11.2 Å². The maximum Gasteiger partial charge on any atom is 0.307 e. The van der Waals surface area contributed by atoms with E-state index >= 15 is 0 Å². The van der Waals surface area contributed by atoms with Crippen LogP contribution in [0, 0.1) is 0 Å². The summed E-state index contributed by atoms with van der Waals surface area (Å²) in [4.78, 5) is 22.7. The normalized spacial score (nSPS) is 10.2. The Morgan fingerprint density at radius 1 is 1.26 bits per heavy atom. The largest absolute Gasteiger partial charge is 0.481 e. The molecule has 0 atom stereocenters. The van der Waals surface area contributed by atoms with Crippen LogP contribution in [0.5, 0.6) is 0 Å². The molecule has 0 aliphatic heterocycles. The second-order valence-corrected chi connectivity index (χ2v) is 5.17. The van der Waals surface area contributed by atoms with Gasteiger partial charge >= 0.3 is 5.97 Å². The third-order valence-corrected chi connectivity index (χ3v) is 3.36. The zero-order valence-electron chi connectivity index (χ0n) is 11.0. The van der Waals surface area contributed by atoms with Gasteiger partial charge in [0.15, 0.2) is 0 Å². The lowest BCUT2D eigenvalue weighted by Gasteiger charge is -2.08. The number of unbranched alkanes of at least 4 members (excludes halogenated alkanes) is 1. The highest BCUT2D eigenvalue weighted by Crippen LogP contribution is 2.09. The van der Waals surface area contributed by atoms with Crippen molar-refractivity contribution in [2.75, 3.05) is 18.6 Å². The molecule has 2 N–H and O–H groups in total. The van der Waals surface area contributed by atoms with Gasteiger partial charge in [-0.15, -0.1) is 0 Å². The molecule has 1 aromatic carbocycles. The number of benzene rings is 1. The van der Waals surface area contributed by atoms with E-state index in [-0.39, 0.29) is 12.3 Å². The smallest absolute Gasteiger partial charge is 0.307 e. The molecule has 0 spiro atoms. The molecule has 1 amide bonds. The van der Waals surface area contributed by atoms with Crippen molar-refractivity contribution in [3.05, 3.63) is 35.4 Å². The Kier molecular flexibility index (Phi) is 7.03. The van der Waals surface area contributed by atoms with Gasteiger partial charge in [0.05, 0.1) is 6.42 Å². The van der Waals surface area contributed by atoms with Gasteiger partial charge in [0, 0.05) is 12.1 Å². The number of carboxylic acid groups (broad SMARTS) is 1. The fourth-order valence-corrected chi connectivity index (χ4v) is 2.22. The highest BCUT2D eigenvalue weighted by molar-refractivity contribution is 7.98. The molecule has 1 aromatic rings. The molecule has 0 heterocycles. The van der Waals surface area contributed by atoms with E-state index in [1.165, 1.54) is 0 Å². The second kappa shape index (κ2) is 8.58. The van der Waals surface area contributed by atoms with Crippen LogP contribution in [0.25, 0.3) is 0 Å². The number of carbonyl (C=O) groups is 2. The SMILES string of the molecule is CSCCCCNC(=O)c1ccccc1CC(=O)O. The summed E-state index contributed by atoms with van der Waals surface area (Å²) >= 11 is 1.79. The Morgan fingerprint density at radius 2 is 2.00 bits per heavy atom. The Morgan fingerprint density at radius 3 is 2.68 bits per heavy atom. The summed E-state index contributed by atoms with van der Waals surface area (Å²) in [5, 5.41) is 11.6. The van der Waals surface area contributed by atoms with Gasteiger partial charge in [0.1, 0.15) is 0 Å². The molecule has 5 heteroatoms. The van der Waals surface area contributed by atoms with E-state index in [9.17, 15) is 9.59 Å². The summed E-state index contributed by atoms with van der Waals surface area (Å²) in [6.45, 7) is 0.626. The van der Waals surface area contributed by atoms with Crippen LogP contribution in [0.4, 0.5) is 0 Å². The van der Waals surface area contributed by atoms with E-state index in [2.05, 4.69) is 11.6 Å². The fraction of sp³-hybridized carbons (Fsp3) is 0.429. The molecule has 0 fully saturated rings. The number of carbonyl (C=O) groups excluding carboxylic acids is 1. The van der Waals surface area contributed by atoms with Gasteiger partial charge in [0.25, 0.3) is 5.91 Å². The van der Waals surface area contributed by atoms with Gasteiger partial charge in [-0.25, -0.2) is 0 Å². The zero-order chi connectivity index (χ0) is 14.1. The number of hydrogen-bond donors (Lipinski definition) is 2. The molecule has 0 saturated carbocycles. The van der Waals surface area contributed by atoms with Crippen molar-refractivity contribution in [2.24, 2.45) is 0 Å². The van der Waals surface area contributed by atoms with Crippen LogP contribution < -0.4 is 5.32 Å². The summed E-state index contributed by atoms with van der Waals surface area (Å²) in [6.07, 6.45) is 3.93. The average Bonchev–Trinajstić information content (AvgIpc) is 2.38. The standard InChI is InChI=1S/C14H19NO3S/c1-19-9-5-4-8-15-14(18)12-7-3-2-6-11(12)10-13(16)17/h2-3,6-7H,4-5,8-10H2,1H3,(H,15,18)(H,16,17). The average molecular weight is 281 g/mol. The summed E-state index contributed by atoms with van der Waals surface area (Å²) in [6, 6.07) is 6.83. The molecule has 1 rings (SSSR count). The molecule has 0 aromatic heterocycles. The molecule has 104 valence electrons. The Balaban J connectivity index is 2.54. The van der Waals surface area contributed by atoms with Crippen molar-refractivity contribution in [3.8, 4) is 0 Å². The summed E-state index contributed by atoms with van der Waals surface area (Å²) < 4.78 is 0. The predicted octanol–water partition coefficient (Wildman–Crippen LogP) is 2.19. The fourth-order valence-electron chi connectivity index (χ4n) is 1.73. The topological polar surface area (TPSA) is 66.4 Å². The van der Waals surface area contributed by atoms with E-state index in [4.69, 9.17) is 5.11 Å². The Labute approximate surface area is 117 Å². The van der Waals surface area contributed by atoms with E-state index < -0.39 is 5.97 Å². The monoisotopic (exact) mass is 281 g/mol. The number of aliphatic carboxylic acids is 1. The third kappa shape index (κ3) is 5.79. The number of thioether (sulfide) groups is 1. The van der Waals surface area contributed by atoms with Crippen molar-refractivity contribution >= 4 is 23.6 Å². The lowest BCUT2D eigenvalue weighted by Crippen LogP contribution is -2.26. The van der Waals surface area contributed by atoms with Gasteiger partial charge in [-0.3, -0.25) is 9.59 Å². The van der Waals surface area contributed by atoms with Gasteiger partial charge in [-0.2, -0.15) is 11.8 Å². The molecule has 0 bridgehead atoms. The molecule has 0 unspecified atom stereocenters. The van der Waals surface area contributed by atoms with Gasteiger partial charge in [-0.1, -0.05) is 18.2 Å². The number of hydrogen-bond acceptors (Lipinski definition) is 3. The molecular formula is C14H19NO3S. The lowest BCUT2D eigenvalue weighted by molar-refractivity contribution is -0.136. The molecule has 0 aliphatic rings. The first-order chi connectivity index (χ1) is 9.15. The minimum Gasteiger partial charge on any atom is -0.481 e. The summed E-state index contributed by atoms with van der Waals surface area (Å²) in [5.74, 6) is -0.0351. The van der Waals surface area contributed by atoms with E-state index in [0.29, 0.717) is 17.7 Å². The van der Waals surface area contributed by atoms with E-state index in [1.807, 2.05) is 0 Å². The van der Waals surface area contributed by atoms with Crippen LogP contribution in [0.2, 0.25) is 0 Å². The van der Waals surface area contributed by atoms with Crippen LogP contribution in [0.1, 0.15) is 28.8 Å². The third-order valence-electron chi connectivity index (χ3n) is 2.66. The minimum atomic E-state index is -0.930. The number of carboxylic acids is 1. The quantitative estimate of drug-likeness (QED) is 0.717. The molecular weight excluding hydrogens is 262 g/mol. The molecule has 0 saturated heterocycles. The first-order valence-electron chi connectivity index (χ1n) is 6.22. The maximum absolute atomic E-state index is 12.0. The number of amides is 1. The van der Waals surface area contributed by atoms with Crippen LogP contribution in [-0.4, -0.2) is 35.5 Å². The Bertz CT molecular complexity index is 434. The van der Waals surface area contributed by atoms with Crippen molar-refractivity contribution in [1.82, 2.24) is 5.32 Å². The first-order valence-corrected chi connectivity index (χ1v) is 7.61.